The normalized spacial score (nSPS) is 13.7. The molecular formula is C19H22F2N2O3S. The van der Waals surface area contributed by atoms with E-state index in [1.807, 2.05) is 0 Å². The predicted octanol–water partition coefficient (Wildman–Crippen LogP) is 3.39. The van der Waals surface area contributed by atoms with Crippen LogP contribution in [0.3, 0.4) is 0 Å². The Kier molecular flexibility index (Phi) is 6.54. The molecule has 2 atom stereocenters. The summed E-state index contributed by atoms with van der Waals surface area (Å²) in [7, 11) is -3.92. The molecule has 146 valence electrons. The topological polar surface area (TPSA) is 66.5 Å². The van der Waals surface area contributed by atoms with Crippen LogP contribution in [0.15, 0.2) is 48.5 Å². The fourth-order valence-corrected chi connectivity index (χ4v) is 4.02. The van der Waals surface area contributed by atoms with Crippen LogP contribution in [0, 0.1) is 11.6 Å². The molecule has 0 aromatic heterocycles. The smallest absolute Gasteiger partial charge is 0.244 e. The van der Waals surface area contributed by atoms with Gasteiger partial charge in [0.2, 0.25) is 15.9 Å². The van der Waals surface area contributed by atoms with E-state index < -0.39 is 39.6 Å². The molecule has 0 saturated heterocycles. The number of amides is 1. The molecule has 0 aliphatic rings. The van der Waals surface area contributed by atoms with Gasteiger partial charge in [-0.15, -0.1) is 0 Å². The second-order valence-electron chi connectivity index (χ2n) is 6.22. The van der Waals surface area contributed by atoms with Crippen molar-refractivity contribution in [1.82, 2.24) is 5.32 Å². The second-order valence-corrected chi connectivity index (χ2v) is 8.08. The zero-order valence-corrected chi connectivity index (χ0v) is 16.1. The lowest BCUT2D eigenvalue weighted by atomic mass is 10.1. The van der Waals surface area contributed by atoms with Gasteiger partial charge in [-0.05, 0) is 43.2 Å². The number of hydrogen-bond donors (Lipinski definition) is 1. The zero-order valence-electron chi connectivity index (χ0n) is 15.3. The van der Waals surface area contributed by atoms with Gasteiger partial charge in [-0.25, -0.2) is 17.2 Å². The third kappa shape index (κ3) is 5.03. The van der Waals surface area contributed by atoms with Gasteiger partial charge in [0.15, 0.2) is 0 Å². The number of carbonyl (C=O) groups is 1. The van der Waals surface area contributed by atoms with Gasteiger partial charge in [0.05, 0.1) is 18.0 Å². The first-order valence-corrected chi connectivity index (χ1v) is 10.3. The molecule has 2 rings (SSSR count). The summed E-state index contributed by atoms with van der Waals surface area (Å²) >= 11 is 0. The van der Waals surface area contributed by atoms with Crippen LogP contribution in [-0.4, -0.2) is 26.6 Å². The monoisotopic (exact) mass is 396 g/mol. The average Bonchev–Trinajstić information content (AvgIpc) is 2.59. The summed E-state index contributed by atoms with van der Waals surface area (Å²) in [6, 6.07) is 9.41. The van der Waals surface area contributed by atoms with Crippen LogP contribution in [0.2, 0.25) is 0 Å². The van der Waals surface area contributed by atoms with Gasteiger partial charge in [-0.3, -0.25) is 9.10 Å². The average molecular weight is 396 g/mol. The molecular weight excluding hydrogens is 374 g/mol. The molecule has 1 N–H and O–H groups in total. The van der Waals surface area contributed by atoms with Crippen molar-refractivity contribution in [3.63, 3.8) is 0 Å². The maximum atomic E-state index is 14.2. The van der Waals surface area contributed by atoms with Crippen molar-refractivity contribution >= 4 is 21.6 Å². The van der Waals surface area contributed by atoms with Crippen LogP contribution in [-0.2, 0) is 14.8 Å². The van der Waals surface area contributed by atoms with E-state index in [0.717, 1.165) is 16.6 Å². The maximum Gasteiger partial charge on any atom is 0.244 e. The van der Waals surface area contributed by atoms with Crippen LogP contribution < -0.4 is 9.62 Å². The Morgan fingerprint density at radius 1 is 1.11 bits per heavy atom. The Morgan fingerprint density at radius 2 is 1.70 bits per heavy atom. The van der Waals surface area contributed by atoms with Crippen molar-refractivity contribution in [3.05, 3.63) is 65.7 Å². The lowest BCUT2D eigenvalue weighted by Gasteiger charge is -2.31. The van der Waals surface area contributed by atoms with Crippen molar-refractivity contribution in [2.45, 2.75) is 32.4 Å². The number of anilines is 1. The fraction of sp³-hybridized carbons (Fsp3) is 0.316. The highest BCUT2D eigenvalue weighted by Crippen LogP contribution is 2.26. The summed E-state index contributed by atoms with van der Waals surface area (Å²) < 4.78 is 52.7. The molecule has 2 aromatic rings. The van der Waals surface area contributed by atoms with Crippen LogP contribution in [0.4, 0.5) is 14.5 Å². The first-order chi connectivity index (χ1) is 12.6. The molecule has 0 spiro atoms. The number of sulfonamides is 1. The van der Waals surface area contributed by atoms with Gasteiger partial charge in [-0.2, -0.15) is 0 Å². The molecule has 0 fully saturated rings. The van der Waals surface area contributed by atoms with E-state index in [1.165, 1.54) is 42.5 Å². The van der Waals surface area contributed by atoms with Crippen molar-refractivity contribution in [2.24, 2.45) is 0 Å². The summed E-state index contributed by atoms with van der Waals surface area (Å²) in [6.45, 7) is 3.34. The predicted molar refractivity (Wildman–Crippen MR) is 101 cm³/mol. The van der Waals surface area contributed by atoms with E-state index in [2.05, 4.69) is 5.32 Å². The number of nitrogens with zero attached hydrogens (tertiary/aromatic N) is 1. The third-order valence-corrected chi connectivity index (χ3v) is 5.31. The molecule has 1 amide bonds. The maximum absolute atomic E-state index is 14.2. The number of halogens is 2. The molecule has 0 bridgehead atoms. The molecule has 2 aromatic carbocycles. The van der Waals surface area contributed by atoms with Gasteiger partial charge >= 0.3 is 0 Å². The number of hydrogen-bond acceptors (Lipinski definition) is 3. The molecule has 5 nitrogen and oxygen atoms in total. The lowest BCUT2D eigenvalue weighted by molar-refractivity contribution is -0.122. The number of rotatable bonds is 7. The molecule has 0 unspecified atom stereocenters. The fourth-order valence-electron chi connectivity index (χ4n) is 2.81. The third-order valence-electron chi connectivity index (χ3n) is 4.15. The minimum absolute atomic E-state index is 0.142. The second kappa shape index (κ2) is 8.47. The highest BCUT2D eigenvalue weighted by molar-refractivity contribution is 7.92. The first kappa shape index (κ1) is 20.8. The molecule has 0 saturated carbocycles. The van der Waals surface area contributed by atoms with Gasteiger partial charge < -0.3 is 5.32 Å². The van der Waals surface area contributed by atoms with Gasteiger partial charge in [0.1, 0.15) is 17.7 Å². The molecule has 0 heterocycles. The molecule has 27 heavy (non-hydrogen) atoms. The quantitative estimate of drug-likeness (QED) is 0.780. The van der Waals surface area contributed by atoms with Crippen LogP contribution in [0.25, 0.3) is 0 Å². The first-order valence-electron chi connectivity index (χ1n) is 8.45. The highest BCUT2D eigenvalue weighted by Gasteiger charge is 2.33. The highest BCUT2D eigenvalue weighted by atomic mass is 32.2. The summed E-state index contributed by atoms with van der Waals surface area (Å²) in [5.74, 6) is -1.70. The lowest BCUT2D eigenvalue weighted by Crippen LogP contribution is -2.50. The summed E-state index contributed by atoms with van der Waals surface area (Å²) in [5.41, 5.74) is 0.479. The van der Waals surface area contributed by atoms with Crippen molar-refractivity contribution in [1.29, 1.82) is 0 Å². The summed E-state index contributed by atoms with van der Waals surface area (Å²) in [4.78, 5) is 12.8. The van der Waals surface area contributed by atoms with E-state index in [1.54, 1.807) is 13.8 Å². The Balaban J connectivity index is 2.32. The molecule has 0 aliphatic heterocycles. The van der Waals surface area contributed by atoms with E-state index in [4.69, 9.17) is 0 Å². The Hall–Kier alpha value is -2.48. The molecule has 0 radical (unpaired) electrons. The van der Waals surface area contributed by atoms with E-state index >= 15 is 0 Å². The van der Waals surface area contributed by atoms with Crippen molar-refractivity contribution < 1.29 is 22.0 Å². The number of carbonyl (C=O) groups excluding carboxylic acids is 1. The number of nitrogens with one attached hydrogen (secondary N) is 1. The minimum Gasteiger partial charge on any atom is -0.348 e. The van der Waals surface area contributed by atoms with Gasteiger partial charge in [-0.1, -0.05) is 31.2 Å². The van der Waals surface area contributed by atoms with Crippen LogP contribution in [0.1, 0.15) is 31.9 Å². The Labute approximate surface area is 158 Å². The zero-order chi connectivity index (χ0) is 20.2. The Morgan fingerprint density at radius 3 is 2.22 bits per heavy atom. The largest absolute Gasteiger partial charge is 0.348 e. The van der Waals surface area contributed by atoms with Crippen LogP contribution >= 0.6 is 0 Å². The minimum atomic E-state index is -3.92. The van der Waals surface area contributed by atoms with Gasteiger partial charge in [0.25, 0.3) is 0 Å². The van der Waals surface area contributed by atoms with E-state index in [9.17, 15) is 22.0 Å². The number of benzene rings is 2. The van der Waals surface area contributed by atoms with E-state index in [0.29, 0.717) is 5.56 Å². The summed E-state index contributed by atoms with van der Waals surface area (Å²) in [6.07, 6.45) is 1.07. The SMILES string of the molecule is CC[C@H](C(=O)N[C@@H](C)c1ccc(F)cc1)N(c1ccccc1F)S(C)(=O)=O. The standard InChI is InChI=1S/C19H22F2N2O3S/c1-4-17(19(24)22-13(2)14-9-11-15(20)12-10-14)23(27(3,25)26)18-8-6-5-7-16(18)21/h5-13,17H,4H2,1-3H3,(H,22,24)/t13-,17+/m0/s1. The van der Waals surface area contributed by atoms with Gasteiger partial charge in [0, 0.05) is 0 Å². The summed E-state index contributed by atoms with van der Waals surface area (Å²) in [5, 5.41) is 2.72. The van der Waals surface area contributed by atoms with Crippen molar-refractivity contribution in [2.75, 3.05) is 10.6 Å². The molecule has 0 aliphatic carbocycles. The van der Waals surface area contributed by atoms with E-state index in [-0.39, 0.29) is 12.1 Å². The van der Waals surface area contributed by atoms with Crippen LogP contribution in [0.5, 0.6) is 0 Å². The molecule has 8 heteroatoms. The van der Waals surface area contributed by atoms with Crippen molar-refractivity contribution in [3.8, 4) is 0 Å². The number of para-hydroxylation sites is 1. The Bertz CT molecular complexity index is 901.